The third-order valence-corrected chi connectivity index (χ3v) is 3.57. The van der Waals surface area contributed by atoms with E-state index in [0.29, 0.717) is 5.56 Å². The first-order valence-corrected chi connectivity index (χ1v) is 6.30. The summed E-state index contributed by atoms with van der Waals surface area (Å²) in [6.45, 7) is 0. The van der Waals surface area contributed by atoms with Crippen LogP contribution in [0, 0.1) is 5.82 Å². The lowest BCUT2D eigenvalue weighted by molar-refractivity contribution is 0.532. The average Bonchev–Trinajstić information content (AvgIpc) is 2.67. The third kappa shape index (κ3) is 2.29. The summed E-state index contributed by atoms with van der Waals surface area (Å²) in [4.78, 5) is 0. The van der Waals surface area contributed by atoms with Gasteiger partial charge in [0, 0.05) is 12.6 Å². The lowest BCUT2D eigenvalue weighted by atomic mass is 10.0. The minimum absolute atomic E-state index is 0.0611. The second-order valence-corrected chi connectivity index (χ2v) is 5.01. The Bertz CT molecular complexity index is 553. The van der Waals surface area contributed by atoms with Gasteiger partial charge in [-0.3, -0.25) is 10.5 Å². The summed E-state index contributed by atoms with van der Waals surface area (Å²) in [5.74, 6) is 5.04. The Kier molecular flexibility index (Phi) is 4.01. The quantitative estimate of drug-likeness (QED) is 0.670. The maximum Gasteiger partial charge on any atom is 0.147 e. The molecule has 0 aliphatic rings. The molecule has 0 aliphatic carbocycles. The van der Waals surface area contributed by atoms with Crippen molar-refractivity contribution in [2.24, 2.45) is 12.9 Å². The molecule has 4 nitrogen and oxygen atoms in total. The number of halogens is 3. The predicted molar refractivity (Wildman–Crippen MR) is 71.5 cm³/mol. The van der Waals surface area contributed by atoms with Crippen molar-refractivity contribution >= 4 is 27.5 Å². The van der Waals surface area contributed by atoms with Crippen LogP contribution in [0.3, 0.4) is 0 Å². The highest BCUT2D eigenvalue weighted by Crippen LogP contribution is 2.31. The molecule has 2 aromatic rings. The summed E-state index contributed by atoms with van der Waals surface area (Å²) < 4.78 is 16.4. The van der Waals surface area contributed by atoms with Gasteiger partial charge in [-0.2, -0.15) is 5.10 Å². The molecule has 7 heteroatoms. The molecule has 1 aromatic heterocycles. The summed E-state index contributed by atoms with van der Waals surface area (Å²) in [7, 11) is 1.76. The minimum atomic E-state index is -0.537. The van der Waals surface area contributed by atoms with Crippen molar-refractivity contribution < 1.29 is 4.39 Å². The van der Waals surface area contributed by atoms with Gasteiger partial charge >= 0.3 is 0 Å². The maximum absolute atomic E-state index is 14.0. The second-order valence-electron chi connectivity index (χ2n) is 3.74. The zero-order valence-electron chi connectivity index (χ0n) is 9.49. The molecule has 0 radical (unpaired) electrons. The highest BCUT2D eigenvalue weighted by molar-refractivity contribution is 9.10. The predicted octanol–water partition coefficient (Wildman–Crippen LogP) is 2.53. The number of rotatable bonds is 3. The Morgan fingerprint density at radius 3 is 2.83 bits per heavy atom. The molecule has 1 heterocycles. The van der Waals surface area contributed by atoms with E-state index in [9.17, 15) is 4.39 Å². The fraction of sp³-hybridized carbons (Fsp3) is 0.182. The fourth-order valence-electron chi connectivity index (χ4n) is 1.80. The van der Waals surface area contributed by atoms with Gasteiger partial charge in [0.25, 0.3) is 0 Å². The van der Waals surface area contributed by atoms with Crippen LogP contribution in [0.5, 0.6) is 0 Å². The van der Waals surface area contributed by atoms with Crippen molar-refractivity contribution in [2.45, 2.75) is 6.04 Å². The van der Waals surface area contributed by atoms with Crippen LogP contribution in [0.4, 0.5) is 4.39 Å². The monoisotopic (exact) mass is 332 g/mol. The van der Waals surface area contributed by atoms with Crippen LogP contribution >= 0.6 is 27.5 Å². The summed E-state index contributed by atoms with van der Waals surface area (Å²) in [6, 6.07) is 4.26. The van der Waals surface area contributed by atoms with E-state index >= 15 is 0 Å². The summed E-state index contributed by atoms with van der Waals surface area (Å²) in [5.41, 5.74) is 3.67. The molecule has 0 aliphatic heterocycles. The molecule has 0 saturated carbocycles. The van der Waals surface area contributed by atoms with Gasteiger partial charge in [0.15, 0.2) is 0 Å². The number of hydrogen-bond acceptors (Lipinski definition) is 3. The molecular weight excluding hydrogens is 323 g/mol. The van der Waals surface area contributed by atoms with Crippen LogP contribution in [-0.2, 0) is 7.05 Å². The van der Waals surface area contributed by atoms with Crippen LogP contribution in [0.25, 0.3) is 0 Å². The molecule has 0 saturated heterocycles. The van der Waals surface area contributed by atoms with E-state index in [4.69, 9.17) is 17.4 Å². The van der Waals surface area contributed by atoms with E-state index in [1.807, 2.05) is 0 Å². The first-order valence-electron chi connectivity index (χ1n) is 5.13. The van der Waals surface area contributed by atoms with Gasteiger partial charge in [-0.05, 0) is 22.0 Å². The van der Waals surface area contributed by atoms with Crippen molar-refractivity contribution in [3.63, 3.8) is 0 Å². The maximum atomic E-state index is 14.0. The molecule has 1 unspecified atom stereocenters. The van der Waals surface area contributed by atoms with Gasteiger partial charge in [0.05, 0.1) is 27.4 Å². The zero-order chi connectivity index (χ0) is 13.3. The smallest absolute Gasteiger partial charge is 0.147 e. The molecule has 0 spiro atoms. The Labute approximate surface area is 117 Å². The molecule has 96 valence electrons. The molecular formula is C11H11BrClFN4. The molecule has 1 aromatic carbocycles. The number of hydrazine groups is 1. The van der Waals surface area contributed by atoms with E-state index < -0.39 is 11.9 Å². The van der Waals surface area contributed by atoms with Gasteiger partial charge in [-0.25, -0.2) is 9.82 Å². The average molecular weight is 334 g/mol. The zero-order valence-corrected chi connectivity index (χ0v) is 11.8. The second kappa shape index (κ2) is 5.36. The van der Waals surface area contributed by atoms with Gasteiger partial charge in [-0.15, -0.1) is 0 Å². The van der Waals surface area contributed by atoms with Crippen LogP contribution in [0.1, 0.15) is 17.3 Å². The Balaban J connectivity index is 2.56. The first-order chi connectivity index (χ1) is 8.56. The number of hydrogen-bond donors (Lipinski definition) is 2. The molecule has 0 fully saturated rings. The van der Waals surface area contributed by atoms with E-state index in [2.05, 4.69) is 26.5 Å². The standard InChI is InChI=1S/C11H11BrClFN4/c1-18-11(7(12)5-16-18)10(17-15)6-3-2-4-8(13)9(6)14/h2-5,10,17H,15H2,1H3. The highest BCUT2D eigenvalue weighted by atomic mass is 79.9. The van der Waals surface area contributed by atoms with E-state index in [0.717, 1.165) is 10.2 Å². The van der Waals surface area contributed by atoms with Crippen molar-refractivity contribution in [1.29, 1.82) is 0 Å². The lowest BCUT2D eigenvalue weighted by Crippen LogP contribution is -2.31. The SMILES string of the molecule is Cn1ncc(Br)c1C(NN)c1cccc(Cl)c1F. The number of benzene rings is 1. The topological polar surface area (TPSA) is 55.9 Å². The summed E-state index contributed by atoms with van der Waals surface area (Å²) >= 11 is 9.14. The minimum Gasteiger partial charge on any atom is -0.271 e. The molecule has 2 rings (SSSR count). The fourth-order valence-corrected chi connectivity index (χ4v) is 2.56. The molecule has 1 atom stereocenters. The number of aromatic nitrogens is 2. The van der Waals surface area contributed by atoms with Crippen molar-refractivity contribution in [3.8, 4) is 0 Å². The van der Waals surface area contributed by atoms with Gasteiger partial charge in [-0.1, -0.05) is 23.7 Å². The number of nitrogens with two attached hydrogens (primary N) is 1. The Hall–Kier alpha value is -0.950. The van der Waals surface area contributed by atoms with Crippen LogP contribution < -0.4 is 11.3 Å². The number of aryl methyl sites for hydroxylation is 1. The van der Waals surface area contributed by atoms with E-state index in [-0.39, 0.29) is 5.02 Å². The molecule has 18 heavy (non-hydrogen) atoms. The molecule has 3 N–H and O–H groups in total. The Morgan fingerprint density at radius 2 is 2.28 bits per heavy atom. The highest BCUT2D eigenvalue weighted by Gasteiger charge is 2.23. The van der Waals surface area contributed by atoms with Gasteiger partial charge in [0.1, 0.15) is 5.82 Å². The summed E-state index contributed by atoms with van der Waals surface area (Å²) in [6.07, 6.45) is 1.63. The van der Waals surface area contributed by atoms with E-state index in [1.54, 1.807) is 30.1 Å². The molecule has 0 bridgehead atoms. The van der Waals surface area contributed by atoms with Gasteiger partial charge in [0.2, 0.25) is 0 Å². The lowest BCUT2D eigenvalue weighted by Gasteiger charge is -2.18. The van der Waals surface area contributed by atoms with E-state index in [1.165, 1.54) is 6.07 Å². The van der Waals surface area contributed by atoms with Crippen LogP contribution in [-0.4, -0.2) is 9.78 Å². The summed E-state index contributed by atoms with van der Waals surface area (Å²) in [5, 5.41) is 4.14. The van der Waals surface area contributed by atoms with Crippen molar-refractivity contribution in [3.05, 3.63) is 51.0 Å². The third-order valence-electron chi connectivity index (χ3n) is 2.67. The first kappa shape index (κ1) is 13.5. The van der Waals surface area contributed by atoms with Gasteiger partial charge < -0.3 is 0 Å². The van der Waals surface area contributed by atoms with Crippen LogP contribution in [0.15, 0.2) is 28.9 Å². The normalized spacial score (nSPS) is 12.7. The van der Waals surface area contributed by atoms with Crippen molar-refractivity contribution in [2.75, 3.05) is 0 Å². The van der Waals surface area contributed by atoms with Crippen molar-refractivity contribution in [1.82, 2.24) is 15.2 Å². The molecule has 0 amide bonds. The van der Waals surface area contributed by atoms with Crippen LogP contribution in [0.2, 0.25) is 5.02 Å². The number of nitrogens with one attached hydrogen (secondary N) is 1. The number of nitrogens with zero attached hydrogens (tertiary/aromatic N) is 2. The largest absolute Gasteiger partial charge is 0.271 e. The Morgan fingerprint density at radius 1 is 1.56 bits per heavy atom.